The molecule has 4 amide bonds. The van der Waals surface area contributed by atoms with Gasteiger partial charge in [-0.3, -0.25) is 14.9 Å². The van der Waals surface area contributed by atoms with Crippen LogP contribution >= 0.6 is 11.6 Å². The van der Waals surface area contributed by atoms with Crippen molar-refractivity contribution in [3.8, 4) is 0 Å². The van der Waals surface area contributed by atoms with E-state index in [1.165, 1.54) is 0 Å². The number of hydrogen-bond acceptors (Lipinski definition) is 5. The normalized spacial score (nSPS) is 22.0. The van der Waals surface area contributed by atoms with Crippen molar-refractivity contribution in [2.24, 2.45) is 5.92 Å². The predicted octanol–water partition coefficient (Wildman–Crippen LogP) is 2.43. The standard InChI is InChI=1S/C18H21ClN4O3/c1-12(21-22-10-4-2-3-5-11-22)15-16(24)20-18(26)23(17(15)25)14-8-6-13(19)7-9-14/h6-9,15,21H,1-5,10-11H2,(H,20,24,26)/t15-/m1/s1. The minimum atomic E-state index is -1.17. The van der Waals surface area contributed by atoms with E-state index in [4.69, 9.17) is 11.6 Å². The summed E-state index contributed by atoms with van der Waals surface area (Å²) in [6.45, 7) is 5.52. The highest BCUT2D eigenvalue weighted by Gasteiger charge is 2.43. The van der Waals surface area contributed by atoms with E-state index in [1.54, 1.807) is 24.3 Å². The van der Waals surface area contributed by atoms with E-state index >= 15 is 0 Å². The number of hydrazine groups is 1. The molecule has 2 saturated heterocycles. The Kier molecular flexibility index (Phi) is 5.58. The zero-order valence-corrected chi connectivity index (χ0v) is 15.1. The highest BCUT2D eigenvalue weighted by Crippen LogP contribution is 2.25. The monoisotopic (exact) mass is 376 g/mol. The van der Waals surface area contributed by atoms with Crippen molar-refractivity contribution in [2.45, 2.75) is 25.7 Å². The number of benzene rings is 1. The second-order valence-electron chi connectivity index (χ2n) is 6.42. The van der Waals surface area contributed by atoms with Crippen LogP contribution in [0.15, 0.2) is 36.5 Å². The highest BCUT2D eigenvalue weighted by molar-refractivity contribution is 6.31. The second kappa shape index (κ2) is 7.88. The largest absolute Gasteiger partial charge is 0.335 e. The third-order valence-corrected chi connectivity index (χ3v) is 4.76. The van der Waals surface area contributed by atoms with Crippen molar-refractivity contribution in [3.63, 3.8) is 0 Å². The Bertz CT molecular complexity index is 726. The number of hydrogen-bond donors (Lipinski definition) is 2. The maximum atomic E-state index is 12.9. The molecule has 2 aliphatic rings. The van der Waals surface area contributed by atoms with Crippen molar-refractivity contribution in [3.05, 3.63) is 41.6 Å². The molecule has 0 aromatic heterocycles. The Labute approximate surface area is 156 Å². The molecule has 2 N–H and O–H groups in total. The van der Waals surface area contributed by atoms with Gasteiger partial charge in [-0.05, 0) is 37.1 Å². The fraction of sp³-hybridized carbons (Fsp3) is 0.389. The summed E-state index contributed by atoms with van der Waals surface area (Å²) in [7, 11) is 0. The lowest BCUT2D eigenvalue weighted by atomic mass is 10.0. The van der Waals surface area contributed by atoms with Gasteiger partial charge in [-0.15, -0.1) is 0 Å². The first-order valence-electron chi connectivity index (χ1n) is 8.62. The van der Waals surface area contributed by atoms with Crippen LogP contribution in [0.4, 0.5) is 10.5 Å². The number of halogens is 1. The predicted molar refractivity (Wildman–Crippen MR) is 98.3 cm³/mol. The van der Waals surface area contributed by atoms with E-state index in [-0.39, 0.29) is 5.70 Å². The lowest BCUT2D eigenvalue weighted by Crippen LogP contribution is -2.60. The molecule has 1 atom stereocenters. The molecular formula is C18H21ClN4O3. The smallest absolute Gasteiger partial charge is 0.322 e. The van der Waals surface area contributed by atoms with E-state index in [1.807, 2.05) is 5.01 Å². The Morgan fingerprint density at radius 1 is 1.08 bits per heavy atom. The van der Waals surface area contributed by atoms with Crippen LogP contribution in [0.25, 0.3) is 0 Å². The molecule has 2 aliphatic heterocycles. The van der Waals surface area contributed by atoms with Gasteiger partial charge in [-0.2, -0.15) is 0 Å². The lowest BCUT2D eigenvalue weighted by molar-refractivity contribution is -0.133. The quantitative estimate of drug-likeness (QED) is 0.789. The van der Waals surface area contributed by atoms with Gasteiger partial charge in [0.05, 0.1) is 5.69 Å². The molecule has 8 heteroatoms. The second-order valence-corrected chi connectivity index (χ2v) is 6.85. The molecule has 3 rings (SSSR count). The summed E-state index contributed by atoms with van der Waals surface area (Å²) < 4.78 is 0. The van der Waals surface area contributed by atoms with Gasteiger partial charge in [0.1, 0.15) is 0 Å². The molecule has 0 spiro atoms. The summed E-state index contributed by atoms with van der Waals surface area (Å²) in [5.41, 5.74) is 3.69. The van der Waals surface area contributed by atoms with Gasteiger partial charge >= 0.3 is 6.03 Å². The number of anilines is 1. The van der Waals surface area contributed by atoms with Gasteiger partial charge in [0.25, 0.3) is 5.91 Å². The van der Waals surface area contributed by atoms with Gasteiger partial charge in [-0.1, -0.05) is 31.0 Å². The SMILES string of the molecule is C=C(NN1CCCCCC1)[C@@H]1C(=O)NC(=O)N(c2ccc(Cl)cc2)C1=O. The Balaban J connectivity index is 1.78. The van der Waals surface area contributed by atoms with E-state index in [9.17, 15) is 14.4 Å². The Hall–Kier alpha value is -2.38. The van der Waals surface area contributed by atoms with Gasteiger partial charge in [0, 0.05) is 23.8 Å². The van der Waals surface area contributed by atoms with Gasteiger partial charge < -0.3 is 5.43 Å². The van der Waals surface area contributed by atoms with Crippen LogP contribution in [-0.4, -0.2) is 35.9 Å². The van der Waals surface area contributed by atoms with Crippen molar-refractivity contribution in [1.82, 2.24) is 15.8 Å². The third-order valence-electron chi connectivity index (χ3n) is 4.50. The third kappa shape index (κ3) is 3.89. The summed E-state index contributed by atoms with van der Waals surface area (Å²) in [5.74, 6) is -2.47. The van der Waals surface area contributed by atoms with Crippen LogP contribution in [0.3, 0.4) is 0 Å². The van der Waals surface area contributed by atoms with E-state index < -0.39 is 23.8 Å². The van der Waals surface area contributed by atoms with E-state index in [0.29, 0.717) is 10.7 Å². The zero-order chi connectivity index (χ0) is 18.7. The molecule has 0 unspecified atom stereocenters. The maximum Gasteiger partial charge on any atom is 0.335 e. The first-order valence-corrected chi connectivity index (χ1v) is 9.00. The number of carbonyl (C=O) groups is 3. The molecule has 26 heavy (non-hydrogen) atoms. The molecular weight excluding hydrogens is 356 g/mol. The van der Waals surface area contributed by atoms with Crippen LogP contribution in [0.2, 0.25) is 5.02 Å². The van der Waals surface area contributed by atoms with Crippen molar-refractivity contribution in [1.29, 1.82) is 0 Å². The van der Waals surface area contributed by atoms with Gasteiger partial charge in [-0.25, -0.2) is 14.7 Å². The number of amides is 4. The Morgan fingerprint density at radius 2 is 1.69 bits per heavy atom. The van der Waals surface area contributed by atoms with Crippen LogP contribution in [0.1, 0.15) is 25.7 Å². The summed E-state index contributed by atoms with van der Waals surface area (Å²) in [6, 6.07) is 5.48. The molecule has 0 saturated carbocycles. The molecule has 138 valence electrons. The fourth-order valence-electron chi connectivity index (χ4n) is 3.17. The first-order chi connectivity index (χ1) is 12.5. The van der Waals surface area contributed by atoms with E-state index in [0.717, 1.165) is 43.7 Å². The topological polar surface area (TPSA) is 81.8 Å². The number of rotatable bonds is 4. The van der Waals surface area contributed by atoms with E-state index in [2.05, 4.69) is 17.3 Å². The number of nitrogens with one attached hydrogen (secondary N) is 2. The first kappa shape index (κ1) is 18.4. The number of carbonyl (C=O) groups excluding carboxylic acids is 3. The van der Waals surface area contributed by atoms with Crippen molar-refractivity contribution < 1.29 is 14.4 Å². The van der Waals surface area contributed by atoms with Gasteiger partial charge in [0.15, 0.2) is 5.92 Å². The molecule has 0 radical (unpaired) electrons. The van der Waals surface area contributed by atoms with Gasteiger partial charge in [0.2, 0.25) is 5.91 Å². The lowest BCUT2D eigenvalue weighted by Gasteiger charge is -2.33. The average molecular weight is 377 g/mol. The number of urea groups is 1. The fourth-order valence-corrected chi connectivity index (χ4v) is 3.29. The molecule has 7 nitrogen and oxygen atoms in total. The van der Waals surface area contributed by atoms with Crippen LogP contribution in [-0.2, 0) is 9.59 Å². The molecule has 2 fully saturated rings. The van der Waals surface area contributed by atoms with Crippen LogP contribution in [0.5, 0.6) is 0 Å². The maximum absolute atomic E-state index is 12.9. The highest BCUT2D eigenvalue weighted by atomic mass is 35.5. The van der Waals surface area contributed by atoms with Crippen LogP contribution in [0, 0.1) is 5.92 Å². The molecule has 1 aromatic rings. The number of nitrogens with zero attached hydrogens (tertiary/aromatic N) is 2. The minimum absolute atomic E-state index is 0.265. The zero-order valence-electron chi connectivity index (χ0n) is 14.3. The summed E-state index contributed by atoms with van der Waals surface area (Å²) in [5, 5.41) is 4.68. The number of barbiturate groups is 1. The molecule has 2 heterocycles. The van der Waals surface area contributed by atoms with Crippen LogP contribution < -0.4 is 15.6 Å². The Morgan fingerprint density at radius 3 is 2.31 bits per heavy atom. The molecule has 1 aromatic carbocycles. The minimum Gasteiger partial charge on any atom is -0.322 e. The van der Waals surface area contributed by atoms with Crippen molar-refractivity contribution in [2.75, 3.05) is 18.0 Å². The molecule has 0 bridgehead atoms. The molecule has 0 aliphatic carbocycles. The van der Waals surface area contributed by atoms with Crippen molar-refractivity contribution >= 4 is 35.1 Å². The summed E-state index contributed by atoms with van der Waals surface area (Å²) in [6.07, 6.45) is 4.40. The summed E-state index contributed by atoms with van der Waals surface area (Å²) in [4.78, 5) is 38.3. The average Bonchev–Trinajstić information content (AvgIpc) is 2.84. The summed E-state index contributed by atoms with van der Waals surface area (Å²) >= 11 is 5.86. The number of imide groups is 2.